The Hall–Kier alpha value is -3.18. The maximum absolute atomic E-state index is 5.09. The standard InChI is InChI=1S/C22H16N4S/c1-13-17-18(14(2)20-19(13)25-27-26-20)24-22(16-11-7-4-8-12-16)21(23-17)15-9-5-3-6-10-15/h3-12H,1-2H3. The van der Waals surface area contributed by atoms with Crippen molar-refractivity contribution in [2.24, 2.45) is 0 Å². The van der Waals surface area contributed by atoms with Gasteiger partial charge in [0.2, 0.25) is 0 Å². The first-order chi connectivity index (χ1) is 13.2. The van der Waals surface area contributed by atoms with Crippen molar-refractivity contribution < 1.29 is 0 Å². The number of fused-ring (bicyclic) bond motifs is 2. The Kier molecular flexibility index (Phi) is 3.69. The Labute approximate surface area is 160 Å². The van der Waals surface area contributed by atoms with Gasteiger partial charge < -0.3 is 0 Å². The van der Waals surface area contributed by atoms with Crippen molar-refractivity contribution >= 4 is 33.8 Å². The van der Waals surface area contributed by atoms with Gasteiger partial charge in [-0.1, -0.05) is 60.7 Å². The molecule has 0 bridgehead atoms. The molecular weight excluding hydrogens is 352 g/mol. The van der Waals surface area contributed by atoms with Crippen LogP contribution in [0.2, 0.25) is 0 Å². The summed E-state index contributed by atoms with van der Waals surface area (Å²) in [4.78, 5) is 10.2. The summed E-state index contributed by atoms with van der Waals surface area (Å²) < 4.78 is 8.95. The summed E-state index contributed by atoms with van der Waals surface area (Å²) in [6, 6.07) is 20.5. The molecule has 0 aliphatic rings. The Bertz CT molecular complexity index is 1180. The maximum atomic E-state index is 5.09. The first kappa shape index (κ1) is 16.0. The molecule has 0 unspecified atom stereocenters. The molecule has 0 saturated carbocycles. The minimum atomic E-state index is 0.888. The summed E-state index contributed by atoms with van der Waals surface area (Å²) >= 11 is 1.24. The van der Waals surface area contributed by atoms with E-state index in [0.717, 1.165) is 55.7 Å². The van der Waals surface area contributed by atoms with E-state index in [1.165, 1.54) is 11.7 Å². The number of aryl methyl sites for hydroxylation is 2. The Morgan fingerprint density at radius 2 is 0.963 bits per heavy atom. The lowest BCUT2D eigenvalue weighted by atomic mass is 10.0. The van der Waals surface area contributed by atoms with Crippen LogP contribution >= 0.6 is 11.7 Å². The number of hydrogen-bond acceptors (Lipinski definition) is 5. The highest BCUT2D eigenvalue weighted by Crippen LogP contribution is 2.35. The van der Waals surface area contributed by atoms with Gasteiger partial charge in [-0.05, 0) is 13.8 Å². The summed E-state index contributed by atoms with van der Waals surface area (Å²) in [5.74, 6) is 0. The predicted molar refractivity (Wildman–Crippen MR) is 111 cm³/mol. The molecule has 5 aromatic rings. The molecule has 5 heteroatoms. The fourth-order valence-corrected chi connectivity index (χ4v) is 4.11. The van der Waals surface area contributed by atoms with Gasteiger partial charge in [0, 0.05) is 22.3 Å². The molecule has 0 aliphatic carbocycles. The van der Waals surface area contributed by atoms with Crippen molar-refractivity contribution in [3.63, 3.8) is 0 Å². The normalized spacial score (nSPS) is 11.3. The van der Waals surface area contributed by atoms with Gasteiger partial charge in [-0.3, -0.25) is 0 Å². The quantitative estimate of drug-likeness (QED) is 0.408. The summed E-state index contributed by atoms with van der Waals surface area (Å²) in [7, 11) is 0. The molecule has 27 heavy (non-hydrogen) atoms. The molecule has 0 atom stereocenters. The highest BCUT2D eigenvalue weighted by Gasteiger charge is 2.19. The van der Waals surface area contributed by atoms with Crippen molar-refractivity contribution in [3.05, 3.63) is 71.8 Å². The van der Waals surface area contributed by atoms with Gasteiger partial charge in [-0.15, -0.1) is 0 Å². The molecule has 0 saturated heterocycles. The molecular formula is C22H16N4S. The van der Waals surface area contributed by atoms with Gasteiger partial charge >= 0.3 is 0 Å². The monoisotopic (exact) mass is 368 g/mol. The van der Waals surface area contributed by atoms with Crippen LogP contribution in [0.3, 0.4) is 0 Å². The minimum Gasteiger partial charge on any atom is -0.243 e. The zero-order valence-electron chi connectivity index (χ0n) is 15.0. The molecule has 0 N–H and O–H groups in total. The Morgan fingerprint density at radius 3 is 1.37 bits per heavy atom. The van der Waals surface area contributed by atoms with E-state index in [1.54, 1.807) is 0 Å². The molecule has 0 radical (unpaired) electrons. The lowest BCUT2D eigenvalue weighted by Gasteiger charge is -2.13. The van der Waals surface area contributed by atoms with Crippen LogP contribution in [0.1, 0.15) is 11.1 Å². The van der Waals surface area contributed by atoms with Crippen LogP contribution in [0.5, 0.6) is 0 Å². The average molecular weight is 368 g/mol. The van der Waals surface area contributed by atoms with E-state index in [-0.39, 0.29) is 0 Å². The first-order valence-electron chi connectivity index (χ1n) is 8.78. The predicted octanol–water partition coefficient (Wildman–Crippen LogP) is 5.59. The third kappa shape index (κ3) is 2.51. The summed E-state index contributed by atoms with van der Waals surface area (Å²) in [5.41, 5.74) is 9.58. The van der Waals surface area contributed by atoms with E-state index < -0.39 is 0 Å². The van der Waals surface area contributed by atoms with Crippen molar-refractivity contribution in [1.29, 1.82) is 0 Å². The third-order valence-electron chi connectivity index (χ3n) is 4.90. The summed E-state index contributed by atoms with van der Waals surface area (Å²) in [6.45, 7) is 4.11. The van der Waals surface area contributed by atoms with Gasteiger partial charge in [0.1, 0.15) is 11.0 Å². The zero-order chi connectivity index (χ0) is 18.4. The molecule has 5 rings (SSSR count). The lowest BCUT2D eigenvalue weighted by molar-refractivity contribution is 1.26. The van der Waals surface area contributed by atoms with Crippen molar-refractivity contribution in [2.45, 2.75) is 13.8 Å². The highest BCUT2D eigenvalue weighted by atomic mass is 32.1. The van der Waals surface area contributed by atoms with E-state index in [0.29, 0.717) is 0 Å². The van der Waals surface area contributed by atoms with Gasteiger partial charge in [0.15, 0.2) is 0 Å². The largest absolute Gasteiger partial charge is 0.243 e. The van der Waals surface area contributed by atoms with E-state index in [9.17, 15) is 0 Å². The van der Waals surface area contributed by atoms with Gasteiger partial charge in [-0.25, -0.2) is 9.97 Å². The van der Waals surface area contributed by atoms with Crippen LogP contribution in [-0.2, 0) is 0 Å². The molecule has 3 aromatic carbocycles. The zero-order valence-corrected chi connectivity index (χ0v) is 15.8. The second-order valence-corrected chi connectivity index (χ2v) is 7.09. The van der Waals surface area contributed by atoms with E-state index in [4.69, 9.17) is 9.97 Å². The lowest BCUT2D eigenvalue weighted by Crippen LogP contribution is -1.99. The maximum Gasteiger partial charge on any atom is 0.110 e. The molecule has 130 valence electrons. The fraction of sp³-hybridized carbons (Fsp3) is 0.0909. The number of nitrogens with zero attached hydrogens (tertiary/aromatic N) is 4. The second kappa shape index (κ2) is 6.21. The molecule has 0 spiro atoms. The van der Waals surface area contributed by atoms with E-state index in [2.05, 4.69) is 46.9 Å². The van der Waals surface area contributed by atoms with E-state index >= 15 is 0 Å². The minimum absolute atomic E-state index is 0.888. The number of rotatable bonds is 2. The van der Waals surface area contributed by atoms with Crippen LogP contribution in [0.4, 0.5) is 0 Å². The molecule has 0 aliphatic heterocycles. The van der Waals surface area contributed by atoms with Crippen molar-refractivity contribution in [3.8, 4) is 22.5 Å². The average Bonchev–Trinajstić information content (AvgIpc) is 3.23. The molecule has 0 fully saturated rings. The van der Waals surface area contributed by atoms with E-state index in [1.807, 2.05) is 36.4 Å². The second-order valence-electron chi connectivity index (χ2n) is 6.56. The fourth-order valence-electron chi connectivity index (χ4n) is 3.46. The third-order valence-corrected chi connectivity index (χ3v) is 5.43. The molecule has 2 heterocycles. The van der Waals surface area contributed by atoms with Gasteiger partial charge in [0.05, 0.1) is 34.1 Å². The topological polar surface area (TPSA) is 51.6 Å². The molecule has 2 aromatic heterocycles. The van der Waals surface area contributed by atoms with Crippen molar-refractivity contribution in [1.82, 2.24) is 18.7 Å². The molecule has 4 nitrogen and oxygen atoms in total. The Morgan fingerprint density at radius 1 is 0.556 bits per heavy atom. The summed E-state index contributed by atoms with van der Waals surface area (Å²) in [6.07, 6.45) is 0. The smallest absolute Gasteiger partial charge is 0.110 e. The SMILES string of the molecule is Cc1c2nsnc2c(C)c2nc(-c3ccccc3)c(-c3ccccc3)nc12. The Balaban J connectivity index is 1.94. The van der Waals surface area contributed by atoms with Crippen molar-refractivity contribution in [2.75, 3.05) is 0 Å². The molecule has 0 amide bonds. The van der Waals surface area contributed by atoms with Crippen LogP contribution in [0.15, 0.2) is 60.7 Å². The van der Waals surface area contributed by atoms with Crippen LogP contribution in [0.25, 0.3) is 44.6 Å². The van der Waals surface area contributed by atoms with Crippen LogP contribution < -0.4 is 0 Å². The summed E-state index contributed by atoms with van der Waals surface area (Å²) in [5, 5.41) is 0. The number of benzene rings is 3. The van der Waals surface area contributed by atoms with Crippen LogP contribution in [-0.4, -0.2) is 18.7 Å². The number of aromatic nitrogens is 4. The highest BCUT2D eigenvalue weighted by molar-refractivity contribution is 7.00. The van der Waals surface area contributed by atoms with Gasteiger partial charge in [-0.2, -0.15) is 8.75 Å². The van der Waals surface area contributed by atoms with Gasteiger partial charge in [0.25, 0.3) is 0 Å². The van der Waals surface area contributed by atoms with Crippen LogP contribution in [0, 0.1) is 13.8 Å². The number of hydrogen-bond donors (Lipinski definition) is 0. The first-order valence-corrected chi connectivity index (χ1v) is 9.51.